The van der Waals surface area contributed by atoms with Gasteiger partial charge in [-0.15, -0.1) is 0 Å². The van der Waals surface area contributed by atoms with Gasteiger partial charge in [-0.3, -0.25) is 4.98 Å². The highest BCUT2D eigenvalue weighted by Crippen LogP contribution is 2.25. The van der Waals surface area contributed by atoms with Gasteiger partial charge < -0.3 is 9.88 Å². The summed E-state index contributed by atoms with van der Waals surface area (Å²) in [5.41, 5.74) is 4.85. The highest BCUT2D eigenvalue weighted by molar-refractivity contribution is 5.86. The number of halogens is 1. The van der Waals surface area contributed by atoms with Crippen LogP contribution in [0.25, 0.3) is 32.9 Å². The van der Waals surface area contributed by atoms with Gasteiger partial charge in [-0.25, -0.2) is 14.4 Å². The molecule has 6 heteroatoms. The molecule has 0 saturated carbocycles. The largest absolute Gasteiger partial charge is 0.368 e. The predicted octanol–water partition coefficient (Wildman–Crippen LogP) is 5.51. The SMILES string of the molecule is Cc1cc(F)cc2c1cc(C)n2CCNc1cc(-c2ccc3ccncc3c2)ncn1. The van der Waals surface area contributed by atoms with Gasteiger partial charge in [0, 0.05) is 53.6 Å². The van der Waals surface area contributed by atoms with Gasteiger partial charge in [-0.1, -0.05) is 12.1 Å². The maximum atomic E-state index is 13.9. The Hall–Kier alpha value is -3.80. The Morgan fingerprint density at radius 1 is 0.968 bits per heavy atom. The first-order valence-corrected chi connectivity index (χ1v) is 10.2. The van der Waals surface area contributed by atoms with Crippen LogP contribution in [0.4, 0.5) is 10.2 Å². The molecule has 0 bridgehead atoms. The number of hydrogen-bond donors (Lipinski definition) is 1. The van der Waals surface area contributed by atoms with E-state index in [0.29, 0.717) is 13.1 Å². The number of nitrogens with zero attached hydrogens (tertiary/aromatic N) is 4. The first-order chi connectivity index (χ1) is 15.1. The third-order valence-corrected chi connectivity index (χ3v) is 5.64. The average Bonchev–Trinajstić information content (AvgIpc) is 3.09. The molecule has 5 aromatic rings. The molecule has 0 saturated heterocycles. The van der Waals surface area contributed by atoms with E-state index >= 15 is 0 Å². The number of aryl methyl sites for hydroxylation is 2. The van der Waals surface area contributed by atoms with E-state index in [1.54, 1.807) is 24.7 Å². The zero-order valence-electron chi connectivity index (χ0n) is 17.4. The summed E-state index contributed by atoms with van der Waals surface area (Å²) in [4.78, 5) is 13.0. The molecular formula is C25H22FN5. The van der Waals surface area contributed by atoms with E-state index in [-0.39, 0.29) is 5.82 Å². The second kappa shape index (κ2) is 7.80. The van der Waals surface area contributed by atoms with E-state index in [9.17, 15) is 4.39 Å². The molecule has 31 heavy (non-hydrogen) atoms. The number of aromatic nitrogens is 4. The van der Waals surface area contributed by atoms with Crippen LogP contribution in [0.2, 0.25) is 0 Å². The molecular weight excluding hydrogens is 389 g/mol. The lowest BCUT2D eigenvalue weighted by Crippen LogP contribution is -2.12. The molecule has 5 nitrogen and oxygen atoms in total. The second-order valence-electron chi connectivity index (χ2n) is 7.75. The molecule has 0 atom stereocenters. The Bertz CT molecular complexity index is 1410. The maximum Gasteiger partial charge on any atom is 0.130 e. The van der Waals surface area contributed by atoms with Crippen LogP contribution in [0, 0.1) is 19.7 Å². The highest BCUT2D eigenvalue weighted by Gasteiger charge is 2.10. The van der Waals surface area contributed by atoms with Crippen LogP contribution >= 0.6 is 0 Å². The number of pyridine rings is 1. The molecule has 0 amide bonds. The van der Waals surface area contributed by atoms with Crippen LogP contribution in [0.15, 0.2) is 67.3 Å². The molecule has 154 valence electrons. The quantitative estimate of drug-likeness (QED) is 0.414. The number of rotatable bonds is 5. The number of fused-ring (bicyclic) bond motifs is 2. The summed E-state index contributed by atoms with van der Waals surface area (Å²) >= 11 is 0. The van der Waals surface area contributed by atoms with E-state index < -0.39 is 0 Å². The monoisotopic (exact) mass is 411 g/mol. The zero-order chi connectivity index (χ0) is 21.4. The molecule has 0 aliphatic carbocycles. The summed E-state index contributed by atoms with van der Waals surface area (Å²) in [5.74, 6) is 0.552. The minimum Gasteiger partial charge on any atom is -0.368 e. The summed E-state index contributed by atoms with van der Waals surface area (Å²) in [5, 5.41) is 6.69. The molecule has 0 fully saturated rings. The van der Waals surface area contributed by atoms with Gasteiger partial charge in [0.15, 0.2) is 0 Å². The fourth-order valence-electron chi connectivity index (χ4n) is 4.07. The first kappa shape index (κ1) is 19.2. The number of benzene rings is 2. The van der Waals surface area contributed by atoms with Crippen LogP contribution in [0.5, 0.6) is 0 Å². The van der Waals surface area contributed by atoms with Gasteiger partial charge in [-0.05, 0) is 55.1 Å². The van der Waals surface area contributed by atoms with Crippen molar-refractivity contribution in [2.75, 3.05) is 11.9 Å². The molecule has 3 aromatic heterocycles. The van der Waals surface area contributed by atoms with E-state index in [2.05, 4.69) is 56.0 Å². The van der Waals surface area contributed by atoms with Crippen molar-refractivity contribution in [1.29, 1.82) is 0 Å². The Morgan fingerprint density at radius 2 is 1.87 bits per heavy atom. The van der Waals surface area contributed by atoms with Crippen LogP contribution < -0.4 is 5.32 Å². The number of hydrogen-bond acceptors (Lipinski definition) is 4. The van der Waals surface area contributed by atoms with Gasteiger partial charge in [0.05, 0.1) is 11.2 Å². The van der Waals surface area contributed by atoms with Crippen molar-refractivity contribution in [2.24, 2.45) is 0 Å². The zero-order valence-corrected chi connectivity index (χ0v) is 17.4. The van der Waals surface area contributed by atoms with Crippen LogP contribution in [0.1, 0.15) is 11.3 Å². The molecule has 3 heterocycles. The topological polar surface area (TPSA) is 55.6 Å². The maximum absolute atomic E-state index is 13.9. The third kappa shape index (κ3) is 3.72. The van der Waals surface area contributed by atoms with E-state index in [1.807, 2.05) is 25.3 Å². The van der Waals surface area contributed by atoms with Crippen LogP contribution in [0.3, 0.4) is 0 Å². The van der Waals surface area contributed by atoms with Gasteiger partial charge in [0.1, 0.15) is 18.0 Å². The van der Waals surface area contributed by atoms with Crippen molar-refractivity contribution >= 4 is 27.5 Å². The fourth-order valence-corrected chi connectivity index (χ4v) is 4.07. The lowest BCUT2D eigenvalue weighted by Gasteiger charge is -2.11. The van der Waals surface area contributed by atoms with Crippen molar-refractivity contribution in [2.45, 2.75) is 20.4 Å². The lowest BCUT2D eigenvalue weighted by atomic mass is 10.1. The normalized spacial score (nSPS) is 11.3. The summed E-state index contributed by atoms with van der Waals surface area (Å²) in [6.07, 6.45) is 5.22. The molecule has 2 aromatic carbocycles. The second-order valence-corrected chi connectivity index (χ2v) is 7.75. The molecule has 0 aliphatic heterocycles. The third-order valence-electron chi connectivity index (χ3n) is 5.64. The minimum absolute atomic E-state index is 0.205. The first-order valence-electron chi connectivity index (χ1n) is 10.2. The number of nitrogens with one attached hydrogen (secondary N) is 1. The average molecular weight is 411 g/mol. The predicted molar refractivity (Wildman–Crippen MR) is 123 cm³/mol. The van der Waals surface area contributed by atoms with Gasteiger partial charge in [0.2, 0.25) is 0 Å². The van der Waals surface area contributed by atoms with Crippen molar-refractivity contribution in [3.05, 3.63) is 84.3 Å². The molecule has 0 radical (unpaired) electrons. The van der Waals surface area contributed by atoms with Gasteiger partial charge >= 0.3 is 0 Å². The Morgan fingerprint density at radius 3 is 2.77 bits per heavy atom. The summed E-state index contributed by atoms with van der Waals surface area (Å²) in [6.45, 7) is 5.37. The Kier molecular flexibility index (Phi) is 4.82. The molecule has 1 N–H and O–H groups in total. The van der Waals surface area contributed by atoms with Gasteiger partial charge in [0.25, 0.3) is 0 Å². The molecule has 0 spiro atoms. The Balaban J connectivity index is 1.35. The summed E-state index contributed by atoms with van der Waals surface area (Å²) in [7, 11) is 0. The highest BCUT2D eigenvalue weighted by atomic mass is 19.1. The standard InChI is InChI=1S/C25H22FN5/c1-16-9-21(26)12-24-22(16)10-17(2)31(24)8-7-28-25-13-23(29-15-30-25)19-4-3-18-5-6-27-14-20(18)11-19/h3-6,9-15H,7-8H2,1-2H3,(H,28,29,30). The summed E-state index contributed by atoms with van der Waals surface area (Å²) < 4.78 is 16.1. The minimum atomic E-state index is -0.205. The summed E-state index contributed by atoms with van der Waals surface area (Å²) in [6, 6.07) is 15.4. The fraction of sp³-hybridized carbons (Fsp3) is 0.160. The van der Waals surface area contributed by atoms with Crippen LogP contribution in [-0.4, -0.2) is 26.1 Å². The van der Waals surface area contributed by atoms with Crippen molar-refractivity contribution in [3.8, 4) is 11.3 Å². The Labute approximate surface area is 179 Å². The van der Waals surface area contributed by atoms with E-state index in [1.165, 1.54) is 0 Å². The van der Waals surface area contributed by atoms with Crippen molar-refractivity contribution < 1.29 is 4.39 Å². The van der Waals surface area contributed by atoms with E-state index in [0.717, 1.165) is 50.0 Å². The van der Waals surface area contributed by atoms with Gasteiger partial charge in [-0.2, -0.15) is 0 Å². The van der Waals surface area contributed by atoms with Crippen molar-refractivity contribution in [1.82, 2.24) is 19.5 Å². The molecule has 5 rings (SSSR count). The van der Waals surface area contributed by atoms with Crippen LogP contribution in [-0.2, 0) is 6.54 Å². The van der Waals surface area contributed by atoms with E-state index in [4.69, 9.17) is 0 Å². The lowest BCUT2D eigenvalue weighted by molar-refractivity contribution is 0.626. The molecule has 0 aliphatic rings. The molecule has 0 unspecified atom stereocenters. The number of anilines is 1. The smallest absolute Gasteiger partial charge is 0.130 e. The van der Waals surface area contributed by atoms with Crippen molar-refractivity contribution in [3.63, 3.8) is 0 Å².